The highest BCUT2D eigenvalue weighted by Crippen LogP contribution is 2.31. The van der Waals surface area contributed by atoms with E-state index in [0.717, 1.165) is 39.0 Å². The van der Waals surface area contributed by atoms with Crippen LogP contribution in [0.4, 0.5) is 0 Å². The van der Waals surface area contributed by atoms with Gasteiger partial charge in [0.05, 0.1) is 11.1 Å². The highest BCUT2D eigenvalue weighted by Gasteiger charge is 2.16. The molecule has 0 radical (unpaired) electrons. The molecule has 0 amide bonds. The van der Waals surface area contributed by atoms with Crippen molar-refractivity contribution in [2.45, 2.75) is 24.4 Å². The van der Waals surface area contributed by atoms with Gasteiger partial charge in [-0.05, 0) is 24.6 Å². The molecule has 9 heteroatoms. The van der Waals surface area contributed by atoms with E-state index in [9.17, 15) is 4.79 Å². The van der Waals surface area contributed by atoms with Gasteiger partial charge in [0.25, 0.3) is 5.56 Å². The van der Waals surface area contributed by atoms with E-state index in [2.05, 4.69) is 31.7 Å². The van der Waals surface area contributed by atoms with Crippen LogP contribution < -0.4 is 5.56 Å². The Kier molecular flexibility index (Phi) is 5.35. The van der Waals surface area contributed by atoms with Crippen molar-refractivity contribution < 1.29 is 0 Å². The number of aromatic amines is 1. The lowest BCUT2D eigenvalue weighted by Crippen LogP contribution is -2.11. The topological polar surface area (TPSA) is 89.4 Å². The van der Waals surface area contributed by atoms with E-state index in [1.54, 1.807) is 12.4 Å². The van der Waals surface area contributed by atoms with Crippen molar-refractivity contribution in [3.05, 3.63) is 76.4 Å². The zero-order valence-corrected chi connectivity index (χ0v) is 18.3. The Hall–Kier alpha value is -3.30. The van der Waals surface area contributed by atoms with Gasteiger partial charge in [-0.1, -0.05) is 42.1 Å². The molecular formula is C22H18N6OS2. The fourth-order valence-electron chi connectivity index (χ4n) is 3.42. The lowest BCUT2D eigenvalue weighted by Gasteiger charge is -2.07. The zero-order valence-electron chi connectivity index (χ0n) is 16.6. The second kappa shape index (κ2) is 8.44. The SMILES string of the molecule is CCn1c(SCc2nc3scc(-c4ccccc4)c3c(=O)[nH]2)nnc1-c1ccncc1. The molecule has 154 valence electrons. The molecule has 0 aliphatic rings. The van der Waals surface area contributed by atoms with Crippen molar-refractivity contribution in [2.75, 3.05) is 0 Å². The Balaban J connectivity index is 1.42. The van der Waals surface area contributed by atoms with Gasteiger partial charge in [-0.25, -0.2) is 4.98 Å². The van der Waals surface area contributed by atoms with Crippen molar-refractivity contribution in [2.24, 2.45) is 0 Å². The predicted molar refractivity (Wildman–Crippen MR) is 124 cm³/mol. The molecule has 4 heterocycles. The van der Waals surface area contributed by atoms with Crippen LogP contribution in [0, 0.1) is 0 Å². The van der Waals surface area contributed by atoms with Crippen LogP contribution in [-0.4, -0.2) is 29.7 Å². The van der Waals surface area contributed by atoms with Crippen LogP contribution >= 0.6 is 23.1 Å². The highest BCUT2D eigenvalue weighted by molar-refractivity contribution is 7.98. The van der Waals surface area contributed by atoms with Crippen LogP contribution in [0.25, 0.3) is 32.7 Å². The Morgan fingerprint density at radius 1 is 1.06 bits per heavy atom. The summed E-state index contributed by atoms with van der Waals surface area (Å²) in [5, 5.41) is 12.1. The van der Waals surface area contributed by atoms with Crippen LogP contribution in [0.2, 0.25) is 0 Å². The molecule has 0 bridgehead atoms. The number of nitrogens with zero attached hydrogens (tertiary/aromatic N) is 5. The third-order valence-electron chi connectivity index (χ3n) is 4.89. The first-order valence-corrected chi connectivity index (χ1v) is 11.6. The number of fused-ring (bicyclic) bond motifs is 1. The van der Waals surface area contributed by atoms with E-state index in [1.807, 2.05) is 47.8 Å². The summed E-state index contributed by atoms with van der Waals surface area (Å²) in [5.74, 6) is 1.92. The number of aromatic nitrogens is 6. The number of thioether (sulfide) groups is 1. The van der Waals surface area contributed by atoms with Gasteiger partial charge in [-0.15, -0.1) is 21.5 Å². The van der Waals surface area contributed by atoms with Crippen molar-refractivity contribution >= 4 is 33.3 Å². The van der Waals surface area contributed by atoms with Gasteiger partial charge in [0.2, 0.25) is 0 Å². The van der Waals surface area contributed by atoms with Crippen molar-refractivity contribution in [1.29, 1.82) is 0 Å². The number of pyridine rings is 1. The summed E-state index contributed by atoms with van der Waals surface area (Å²) in [6.45, 7) is 2.79. The zero-order chi connectivity index (χ0) is 21.2. The third kappa shape index (κ3) is 3.77. The van der Waals surface area contributed by atoms with Crippen LogP contribution in [0.3, 0.4) is 0 Å². The van der Waals surface area contributed by atoms with E-state index >= 15 is 0 Å². The van der Waals surface area contributed by atoms with Gasteiger partial charge in [-0.2, -0.15) is 0 Å². The number of hydrogen-bond acceptors (Lipinski definition) is 7. The molecule has 1 aromatic carbocycles. The molecule has 31 heavy (non-hydrogen) atoms. The molecule has 0 fully saturated rings. The first kappa shape index (κ1) is 19.7. The normalized spacial score (nSPS) is 11.3. The monoisotopic (exact) mass is 446 g/mol. The van der Waals surface area contributed by atoms with E-state index in [4.69, 9.17) is 4.98 Å². The first-order chi connectivity index (χ1) is 15.2. The summed E-state index contributed by atoms with van der Waals surface area (Å²) >= 11 is 2.99. The highest BCUT2D eigenvalue weighted by atomic mass is 32.2. The maximum Gasteiger partial charge on any atom is 0.260 e. The van der Waals surface area contributed by atoms with Gasteiger partial charge in [0.15, 0.2) is 11.0 Å². The first-order valence-electron chi connectivity index (χ1n) is 9.77. The molecular weight excluding hydrogens is 428 g/mol. The summed E-state index contributed by atoms with van der Waals surface area (Å²) in [6, 6.07) is 13.7. The summed E-state index contributed by atoms with van der Waals surface area (Å²) < 4.78 is 2.05. The number of nitrogens with one attached hydrogen (secondary N) is 1. The van der Waals surface area contributed by atoms with E-state index in [0.29, 0.717) is 17.0 Å². The summed E-state index contributed by atoms with van der Waals surface area (Å²) in [4.78, 5) is 25.3. The van der Waals surface area contributed by atoms with Crippen molar-refractivity contribution in [1.82, 2.24) is 29.7 Å². The average molecular weight is 447 g/mol. The van der Waals surface area contributed by atoms with Crippen LogP contribution in [0.1, 0.15) is 12.7 Å². The standard InChI is InChI=1S/C22H18N6OS2/c1-2-28-19(15-8-10-23-11-9-15)26-27-22(28)31-13-17-24-20(29)18-16(12-30-21(18)25-17)14-6-4-3-5-7-14/h3-12H,2,13H2,1H3,(H,24,25,29). The van der Waals surface area contributed by atoms with Crippen LogP contribution in [0.5, 0.6) is 0 Å². The molecule has 5 aromatic rings. The molecule has 1 N–H and O–H groups in total. The second-order valence-corrected chi connectivity index (χ2v) is 8.58. The maximum absolute atomic E-state index is 12.8. The summed E-state index contributed by atoms with van der Waals surface area (Å²) in [5.41, 5.74) is 2.79. The van der Waals surface area contributed by atoms with Crippen molar-refractivity contribution in [3.63, 3.8) is 0 Å². The van der Waals surface area contributed by atoms with Gasteiger partial charge in [0, 0.05) is 35.4 Å². The molecule has 4 aromatic heterocycles. The Morgan fingerprint density at radius 2 is 1.87 bits per heavy atom. The molecule has 0 saturated carbocycles. The van der Waals surface area contributed by atoms with Gasteiger partial charge in [0.1, 0.15) is 10.7 Å². The quantitative estimate of drug-likeness (QED) is 0.383. The average Bonchev–Trinajstić information content (AvgIpc) is 3.43. The molecule has 0 atom stereocenters. The number of benzene rings is 1. The number of H-pyrrole nitrogens is 1. The minimum Gasteiger partial charge on any atom is -0.309 e. The second-order valence-electron chi connectivity index (χ2n) is 6.78. The fourth-order valence-corrected chi connectivity index (χ4v) is 5.26. The minimum absolute atomic E-state index is 0.116. The van der Waals surface area contributed by atoms with Crippen LogP contribution in [0.15, 0.2) is 70.2 Å². The number of hydrogen-bond donors (Lipinski definition) is 1. The lowest BCUT2D eigenvalue weighted by molar-refractivity contribution is 0.687. The third-order valence-corrected chi connectivity index (χ3v) is 6.74. The lowest BCUT2D eigenvalue weighted by atomic mass is 10.1. The molecule has 7 nitrogen and oxygen atoms in total. The molecule has 0 aliphatic carbocycles. The molecule has 0 aliphatic heterocycles. The number of thiophene rings is 1. The maximum atomic E-state index is 12.8. The van der Waals surface area contributed by atoms with Crippen LogP contribution in [-0.2, 0) is 12.3 Å². The van der Waals surface area contributed by atoms with E-state index in [-0.39, 0.29) is 5.56 Å². The molecule has 0 unspecified atom stereocenters. The summed E-state index contributed by atoms with van der Waals surface area (Å²) in [6.07, 6.45) is 3.48. The molecule has 5 rings (SSSR count). The largest absolute Gasteiger partial charge is 0.309 e. The minimum atomic E-state index is -0.116. The van der Waals surface area contributed by atoms with Gasteiger partial charge >= 0.3 is 0 Å². The smallest absolute Gasteiger partial charge is 0.260 e. The van der Waals surface area contributed by atoms with Gasteiger partial charge in [-0.3, -0.25) is 9.78 Å². The fraction of sp³-hybridized carbons (Fsp3) is 0.136. The van der Waals surface area contributed by atoms with E-state index in [1.165, 1.54) is 23.1 Å². The Morgan fingerprint density at radius 3 is 2.65 bits per heavy atom. The van der Waals surface area contributed by atoms with Crippen molar-refractivity contribution in [3.8, 4) is 22.5 Å². The number of rotatable bonds is 6. The predicted octanol–water partition coefficient (Wildman–Crippen LogP) is 4.62. The summed E-state index contributed by atoms with van der Waals surface area (Å²) in [7, 11) is 0. The Bertz CT molecular complexity index is 1390. The molecule has 0 spiro atoms. The Labute approximate surface area is 186 Å². The molecule has 0 saturated heterocycles. The van der Waals surface area contributed by atoms with Gasteiger partial charge < -0.3 is 9.55 Å². The van der Waals surface area contributed by atoms with E-state index < -0.39 is 0 Å².